The molecule has 0 amide bonds. The molecular formula is C10H20O2S. The first kappa shape index (κ1) is 12.8. The molecule has 0 aromatic heterocycles. The minimum Gasteiger partial charge on any atom is -0.463 e. The monoisotopic (exact) mass is 204 g/mol. The van der Waals surface area contributed by atoms with Gasteiger partial charge in [-0.15, -0.1) is 0 Å². The Bertz CT molecular complexity index is 140. The van der Waals surface area contributed by atoms with Gasteiger partial charge in [0.15, 0.2) is 0 Å². The second-order valence-corrected chi connectivity index (χ2v) is 3.77. The Labute approximate surface area is 86.5 Å². The lowest BCUT2D eigenvalue weighted by Crippen LogP contribution is -2.23. The second-order valence-electron chi connectivity index (χ2n) is 3.04. The van der Waals surface area contributed by atoms with Crippen molar-refractivity contribution in [1.82, 2.24) is 0 Å². The lowest BCUT2D eigenvalue weighted by atomic mass is 9.97. The Kier molecular flexibility index (Phi) is 7.14. The molecule has 0 aromatic rings. The molecule has 1 saturated carbocycles. The summed E-state index contributed by atoms with van der Waals surface area (Å²) in [6.07, 6.45) is 4.26. The molecule has 2 nitrogen and oxygen atoms in total. The maximum absolute atomic E-state index is 10.6. The molecule has 0 aliphatic heterocycles. The van der Waals surface area contributed by atoms with Crippen molar-refractivity contribution in [2.24, 2.45) is 0 Å². The van der Waals surface area contributed by atoms with Crippen LogP contribution in [0, 0.1) is 0 Å². The van der Waals surface area contributed by atoms with Gasteiger partial charge in [0.2, 0.25) is 0 Å². The summed E-state index contributed by atoms with van der Waals surface area (Å²) in [5, 5.41) is 0.516. The smallest absolute Gasteiger partial charge is 0.302 e. The van der Waals surface area contributed by atoms with Crippen LogP contribution >= 0.6 is 12.6 Å². The Morgan fingerprint density at radius 1 is 1.23 bits per heavy atom. The quantitative estimate of drug-likeness (QED) is 0.525. The van der Waals surface area contributed by atoms with E-state index in [1.165, 1.54) is 6.92 Å². The molecule has 0 atom stereocenters. The fraction of sp³-hybridized carbons (Fsp3) is 0.900. The first-order valence-corrected chi connectivity index (χ1v) is 5.55. The van der Waals surface area contributed by atoms with E-state index in [2.05, 4.69) is 12.6 Å². The van der Waals surface area contributed by atoms with Gasteiger partial charge in [0, 0.05) is 12.2 Å². The molecular weight excluding hydrogens is 184 g/mol. The molecule has 0 saturated heterocycles. The maximum atomic E-state index is 10.6. The van der Waals surface area contributed by atoms with E-state index in [0.29, 0.717) is 5.25 Å². The second kappa shape index (κ2) is 7.25. The first-order valence-electron chi connectivity index (χ1n) is 5.04. The number of hydrogen-bond donors (Lipinski definition) is 1. The van der Waals surface area contributed by atoms with E-state index < -0.39 is 0 Å². The molecule has 0 heterocycles. The highest BCUT2D eigenvalue weighted by Crippen LogP contribution is 2.24. The molecule has 0 N–H and O–H groups in total. The van der Waals surface area contributed by atoms with Crippen LogP contribution in [-0.4, -0.2) is 17.3 Å². The van der Waals surface area contributed by atoms with E-state index >= 15 is 0 Å². The number of thiol groups is 1. The summed E-state index contributed by atoms with van der Waals surface area (Å²) >= 11 is 4.35. The molecule has 0 aromatic carbocycles. The number of carbonyl (C=O) groups is 1. The van der Waals surface area contributed by atoms with Gasteiger partial charge < -0.3 is 4.74 Å². The lowest BCUT2D eigenvalue weighted by Gasteiger charge is -2.24. The highest BCUT2D eigenvalue weighted by Gasteiger charge is 2.20. The van der Waals surface area contributed by atoms with Gasteiger partial charge in [0.05, 0.1) is 0 Å². The summed E-state index contributed by atoms with van der Waals surface area (Å²) in [6, 6.07) is 0. The van der Waals surface area contributed by atoms with Crippen LogP contribution in [0.3, 0.4) is 0 Å². The fourth-order valence-corrected chi connectivity index (χ4v) is 1.70. The standard InChI is InChI=1S/C8H14O2S.C2H6/c1-6(9)10-7-2-4-8(11)5-3-7;1-2/h7-8,11H,2-5H2,1H3;1-2H3. The molecule has 13 heavy (non-hydrogen) atoms. The third-order valence-electron chi connectivity index (χ3n) is 1.98. The Hall–Kier alpha value is -0.180. The van der Waals surface area contributed by atoms with E-state index in [1.807, 2.05) is 13.8 Å². The van der Waals surface area contributed by atoms with Gasteiger partial charge in [0.1, 0.15) is 6.10 Å². The molecule has 1 fully saturated rings. The van der Waals surface area contributed by atoms with E-state index in [-0.39, 0.29) is 12.1 Å². The predicted molar refractivity (Wildman–Crippen MR) is 58.1 cm³/mol. The zero-order valence-electron chi connectivity index (χ0n) is 8.75. The minimum atomic E-state index is -0.160. The van der Waals surface area contributed by atoms with Crippen molar-refractivity contribution >= 4 is 18.6 Å². The number of hydrogen-bond acceptors (Lipinski definition) is 3. The van der Waals surface area contributed by atoms with Gasteiger partial charge in [-0.2, -0.15) is 12.6 Å². The van der Waals surface area contributed by atoms with Crippen molar-refractivity contribution in [3.63, 3.8) is 0 Å². The van der Waals surface area contributed by atoms with Crippen LogP contribution in [0.25, 0.3) is 0 Å². The molecule has 78 valence electrons. The van der Waals surface area contributed by atoms with Crippen molar-refractivity contribution < 1.29 is 9.53 Å². The zero-order chi connectivity index (χ0) is 10.3. The lowest BCUT2D eigenvalue weighted by molar-refractivity contribution is -0.147. The molecule has 0 unspecified atom stereocenters. The molecule has 0 spiro atoms. The van der Waals surface area contributed by atoms with Crippen LogP contribution in [0.5, 0.6) is 0 Å². The molecule has 3 heteroatoms. The highest BCUT2D eigenvalue weighted by molar-refractivity contribution is 7.80. The Morgan fingerprint density at radius 2 is 1.69 bits per heavy atom. The Balaban J connectivity index is 0.000000671. The molecule has 1 rings (SSSR count). The van der Waals surface area contributed by atoms with Crippen LogP contribution in [0.1, 0.15) is 46.5 Å². The number of ether oxygens (including phenoxy) is 1. The summed E-state index contributed by atoms with van der Waals surface area (Å²) < 4.78 is 5.07. The van der Waals surface area contributed by atoms with E-state index in [0.717, 1.165) is 25.7 Å². The normalized spacial score (nSPS) is 27.1. The number of rotatable bonds is 1. The third kappa shape index (κ3) is 5.97. The maximum Gasteiger partial charge on any atom is 0.302 e. The van der Waals surface area contributed by atoms with Gasteiger partial charge in [-0.3, -0.25) is 4.79 Å². The van der Waals surface area contributed by atoms with Crippen molar-refractivity contribution in [3.05, 3.63) is 0 Å². The predicted octanol–water partition coefficient (Wildman–Crippen LogP) is 2.82. The number of esters is 1. The van der Waals surface area contributed by atoms with Crippen LogP contribution < -0.4 is 0 Å². The minimum absolute atomic E-state index is 0.160. The number of carbonyl (C=O) groups excluding carboxylic acids is 1. The van der Waals surface area contributed by atoms with Crippen LogP contribution in [0.2, 0.25) is 0 Å². The van der Waals surface area contributed by atoms with Crippen molar-refractivity contribution in [2.45, 2.75) is 57.8 Å². The van der Waals surface area contributed by atoms with Gasteiger partial charge in [-0.25, -0.2) is 0 Å². The highest BCUT2D eigenvalue weighted by atomic mass is 32.1. The van der Waals surface area contributed by atoms with E-state index in [1.54, 1.807) is 0 Å². The molecule has 0 bridgehead atoms. The summed E-state index contributed by atoms with van der Waals surface area (Å²) in [6.45, 7) is 5.47. The molecule has 1 aliphatic carbocycles. The first-order chi connectivity index (χ1) is 6.18. The van der Waals surface area contributed by atoms with Gasteiger partial charge in [0.25, 0.3) is 0 Å². The van der Waals surface area contributed by atoms with Crippen molar-refractivity contribution in [1.29, 1.82) is 0 Å². The van der Waals surface area contributed by atoms with Gasteiger partial charge in [-0.05, 0) is 25.7 Å². The van der Waals surface area contributed by atoms with Crippen LogP contribution in [-0.2, 0) is 9.53 Å². The average Bonchev–Trinajstić information content (AvgIpc) is 2.12. The largest absolute Gasteiger partial charge is 0.463 e. The molecule has 0 radical (unpaired) electrons. The van der Waals surface area contributed by atoms with Crippen LogP contribution in [0.4, 0.5) is 0 Å². The summed E-state index contributed by atoms with van der Waals surface area (Å²) in [4.78, 5) is 10.6. The summed E-state index contributed by atoms with van der Waals surface area (Å²) in [5.41, 5.74) is 0. The average molecular weight is 204 g/mol. The van der Waals surface area contributed by atoms with Crippen LogP contribution in [0.15, 0.2) is 0 Å². The zero-order valence-corrected chi connectivity index (χ0v) is 9.64. The summed E-state index contributed by atoms with van der Waals surface area (Å²) in [5.74, 6) is -0.160. The fourth-order valence-electron chi connectivity index (χ4n) is 1.40. The van der Waals surface area contributed by atoms with Crippen molar-refractivity contribution in [2.75, 3.05) is 0 Å². The topological polar surface area (TPSA) is 26.3 Å². The van der Waals surface area contributed by atoms with Gasteiger partial charge in [-0.1, -0.05) is 13.8 Å². The van der Waals surface area contributed by atoms with Crippen molar-refractivity contribution in [3.8, 4) is 0 Å². The van der Waals surface area contributed by atoms with E-state index in [9.17, 15) is 4.79 Å². The third-order valence-corrected chi connectivity index (χ3v) is 2.49. The Morgan fingerprint density at radius 3 is 2.08 bits per heavy atom. The molecule has 1 aliphatic rings. The SMILES string of the molecule is CC.CC(=O)OC1CCC(S)CC1. The van der Waals surface area contributed by atoms with Gasteiger partial charge >= 0.3 is 5.97 Å². The van der Waals surface area contributed by atoms with E-state index in [4.69, 9.17) is 4.74 Å². The summed E-state index contributed by atoms with van der Waals surface area (Å²) in [7, 11) is 0.